The van der Waals surface area contributed by atoms with Crippen LogP contribution in [0.2, 0.25) is 0 Å². The number of hydrogen-bond acceptors (Lipinski definition) is 17. The van der Waals surface area contributed by atoms with E-state index in [4.69, 9.17) is 19.4 Å². The van der Waals surface area contributed by atoms with Gasteiger partial charge in [0.1, 0.15) is 24.7 Å². The first-order valence-corrected chi connectivity index (χ1v) is 20.0. The summed E-state index contributed by atoms with van der Waals surface area (Å²) in [5, 5.41) is 52.0. The lowest BCUT2D eigenvalue weighted by Crippen LogP contribution is -2.39. The molecule has 5 rings (SSSR count). The van der Waals surface area contributed by atoms with E-state index in [-0.39, 0.29) is 32.6 Å². The summed E-state index contributed by atoms with van der Waals surface area (Å²) in [6.45, 7) is 5.91. The number of sulfonamides is 1. The largest absolute Gasteiger partial charge is 0.480 e. The van der Waals surface area contributed by atoms with Gasteiger partial charge >= 0.3 is 11.9 Å². The van der Waals surface area contributed by atoms with Gasteiger partial charge in [0.25, 0.3) is 0 Å². The Balaban J connectivity index is 1.52. The predicted molar refractivity (Wildman–Crippen MR) is 216 cm³/mol. The van der Waals surface area contributed by atoms with Crippen LogP contribution in [0.5, 0.6) is 0 Å². The molecule has 58 heavy (non-hydrogen) atoms. The number of methoxy groups -OCH3 is 2. The van der Waals surface area contributed by atoms with Crippen LogP contribution in [0.3, 0.4) is 0 Å². The fourth-order valence-electron chi connectivity index (χ4n) is 5.73. The van der Waals surface area contributed by atoms with Crippen molar-refractivity contribution in [3.63, 3.8) is 0 Å². The summed E-state index contributed by atoms with van der Waals surface area (Å²) in [5.41, 5.74) is 4.55. The second kappa shape index (κ2) is 19.4. The van der Waals surface area contributed by atoms with Gasteiger partial charge in [-0.05, 0) is 62.9 Å². The monoisotopic (exact) mass is 834 g/mol. The SMILES string of the molecule is COCCCNc1nc(Nc2c(C)cc(C)cc2C)nc(NCCCOC)c1N=Nc1nn(-c2nc3cc(S(=O)(=O)N(CC(=O)O)CC(=O)O)ccc3s2)cc1C#N. The molecule has 0 radical (unpaired) electrons. The number of nitriles is 1. The first kappa shape index (κ1) is 43.0. The van der Waals surface area contributed by atoms with Crippen LogP contribution in [0.15, 0.2) is 51.7 Å². The van der Waals surface area contributed by atoms with E-state index >= 15 is 0 Å². The molecule has 20 nitrogen and oxygen atoms in total. The highest BCUT2D eigenvalue weighted by Gasteiger charge is 2.29. The Labute approximate surface area is 337 Å². The molecule has 306 valence electrons. The fraction of sp³-hybridized carbons (Fsp3) is 0.361. The minimum atomic E-state index is -4.52. The van der Waals surface area contributed by atoms with Gasteiger partial charge in [-0.1, -0.05) is 29.0 Å². The van der Waals surface area contributed by atoms with Crippen molar-refractivity contribution in [1.29, 1.82) is 5.26 Å². The number of rotatable bonds is 21. The Kier molecular flexibility index (Phi) is 14.4. The van der Waals surface area contributed by atoms with Gasteiger partial charge < -0.3 is 35.6 Å². The van der Waals surface area contributed by atoms with Crippen LogP contribution in [-0.2, 0) is 29.1 Å². The number of carboxylic acids is 2. The Morgan fingerprint density at radius 3 is 2.09 bits per heavy atom. The first-order chi connectivity index (χ1) is 27.7. The molecule has 0 fully saturated rings. The topological polar surface area (TPSA) is 272 Å². The van der Waals surface area contributed by atoms with E-state index in [0.717, 1.165) is 33.7 Å². The van der Waals surface area contributed by atoms with E-state index in [0.29, 0.717) is 65.7 Å². The van der Waals surface area contributed by atoms with Gasteiger partial charge in [0, 0.05) is 46.2 Å². The van der Waals surface area contributed by atoms with Crippen molar-refractivity contribution in [3.8, 4) is 11.2 Å². The normalized spacial score (nSPS) is 11.7. The highest BCUT2D eigenvalue weighted by atomic mass is 32.2. The summed E-state index contributed by atoms with van der Waals surface area (Å²) >= 11 is 1.13. The van der Waals surface area contributed by atoms with Gasteiger partial charge in [0.2, 0.25) is 26.9 Å². The van der Waals surface area contributed by atoms with E-state index < -0.39 is 35.1 Å². The molecule has 0 atom stereocenters. The third-order valence-corrected chi connectivity index (χ3v) is 11.1. The van der Waals surface area contributed by atoms with Crippen LogP contribution < -0.4 is 16.0 Å². The van der Waals surface area contributed by atoms with Gasteiger partial charge in [-0.25, -0.2) is 18.1 Å². The number of azo groups is 1. The number of ether oxygens (including phenoxy) is 2. The molecule has 0 spiro atoms. The third kappa shape index (κ3) is 10.6. The Bertz CT molecular complexity index is 2410. The number of hydrogen-bond donors (Lipinski definition) is 5. The Hall–Kier alpha value is -6.12. The molecule has 0 saturated carbocycles. The summed E-state index contributed by atoms with van der Waals surface area (Å²) in [6.07, 6.45) is 2.72. The van der Waals surface area contributed by atoms with Crippen molar-refractivity contribution < 1.29 is 37.7 Å². The molecule has 22 heteroatoms. The number of thiazole rings is 1. The standard InChI is InChI=1S/C36H42N12O8S2/c1-21-14-22(2)30(23(3)15-21)41-35-42-33(38-10-6-12-55-4)31(34(43-35)39-11-7-13-56-5)44-45-32-24(17-37)18-48(46-32)36-40-26-16-25(8-9-27(26)57-36)58(53,54)47(19-28(49)50)20-29(51)52/h8-9,14-16,18H,6-7,10-13,19-20H2,1-5H3,(H,49,50)(H,51,52)(H3,38,39,41,42,43). The smallest absolute Gasteiger partial charge is 0.318 e. The van der Waals surface area contributed by atoms with Gasteiger partial charge in [0.15, 0.2) is 17.3 Å². The number of anilines is 4. The Morgan fingerprint density at radius 2 is 1.53 bits per heavy atom. The van der Waals surface area contributed by atoms with E-state index in [1.807, 2.05) is 20.8 Å². The lowest BCUT2D eigenvalue weighted by Gasteiger charge is -2.18. The minimum absolute atomic E-state index is 0.0493. The lowest BCUT2D eigenvalue weighted by molar-refractivity contribution is -0.139. The summed E-state index contributed by atoms with van der Waals surface area (Å²) in [7, 11) is -1.29. The van der Waals surface area contributed by atoms with Gasteiger partial charge in [-0.2, -0.15) is 19.5 Å². The molecular formula is C36H42N12O8S2. The van der Waals surface area contributed by atoms with Crippen molar-refractivity contribution in [2.75, 3.05) is 69.6 Å². The number of aliphatic carboxylic acids is 2. The zero-order valence-electron chi connectivity index (χ0n) is 32.3. The zero-order valence-corrected chi connectivity index (χ0v) is 33.9. The maximum Gasteiger partial charge on any atom is 0.318 e. The number of nitrogens with one attached hydrogen (secondary N) is 3. The molecule has 0 bridgehead atoms. The zero-order chi connectivity index (χ0) is 42.0. The van der Waals surface area contributed by atoms with Crippen molar-refractivity contribution >= 4 is 78.3 Å². The number of benzene rings is 2. The molecule has 0 unspecified atom stereocenters. The number of carbonyl (C=O) groups is 2. The van der Waals surface area contributed by atoms with E-state index in [2.05, 4.69) is 54.5 Å². The molecule has 5 aromatic rings. The second-order valence-electron chi connectivity index (χ2n) is 12.8. The summed E-state index contributed by atoms with van der Waals surface area (Å²) < 4.78 is 39.1. The fourth-order valence-corrected chi connectivity index (χ4v) is 7.96. The predicted octanol–water partition coefficient (Wildman–Crippen LogP) is 5.28. The van der Waals surface area contributed by atoms with Crippen LogP contribution >= 0.6 is 11.3 Å². The number of nitrogens with zero attached hydrogens (tertiary/aromatic N) is 9. The van der Waals surface area contributed by atoms with E-state index in [1.54, 1.807) is 14.2 Å². The maximum atomic E-state index is 13.2. The molecule has 0 aliphatic rings. The van der Waals surface area contributed by atoms with Crippen molar-refractivity contribution in [1.82, 2.24) is 29.0 Å². The van der Waals surface area contributed by atoms with E-state index in [9.17, 15) is 33.5 Å². The maximum absolute atomic E-state index is 13.2. The van der Waals surface area contributed by atoms with Crippen molar-refractivity contribution in [2.24, 2.45) is 10.2 Å². The molecule has 2 aromatic carbocycles. The molecular weight excluding hydrogens is 793 g/mol. The average Bonchev–Trinajstić information content (AvgIpc) is 3.79. The molecule has 0 aliphatic carbocycles. The summed E-state index contributed by atoms with van der Waals surface area (Å²) in [6, 6.07) is 10.1. The molecule has 0 saturated heterocycles. The van der Waals surface area contributed by atoms with E-state index in [1.165, 1.54) is 29.1 Å². The summed E-state index contributed by atoms with van der Waals surface area (Å²) in [4.78, 5) is 36.3. The average molecular weight is 835 g/mol. The van der Waals surface area contributed by atoms with Gasteiger partial charge in [-0.15, -0.1) is 15.3 Å². The van der Waals surface area contributed by atoms with Crippen LogP contribution in [0.1, 0.15) is 35.1 Å². The van der Waals surface area contributed by atoms with Crippen LogP contribution in [0, 0.1) is 32.1 Å². The van der Waals surface area contributed by atoms with Crippen LogP contribution in [-0.4, -0.2) is 113 Å². The molecule has 0 amide bonds. The number of fused-ring (bicyclic) bond motifs is 1. The molecule has 0 aliphatic heterocycles. The third-order valence-electron chi connectivity index (χ3n) is 8.30. The molecule has 5 N–H and O–H groups in total. The lowest BCUT2D eigenvalue weighted by atomic mass is 10.1. The minimum Gasteiger partial charge on any atom is -0.480 e. The number of aromatic nitrogens is 5. The number of carboxylic acid groups (broad SMARTS) is 2. The van der Waals surface area contributed by atoms with Gasteiger partial charge in [-0.3, -0.25) is 9.59 Å². The molecule has 3 aromatic heterocycles. The van der Waals surface area contributed by atoms with Crippen LogP contribution in [0.4, 0.5) is 34.8 Å². The summed E-state index contributed by atoms with van der Waals surface area (Å²) in [5.74, 6) is -2.07. The van der Waals surface area contributed by atoms with Crippen molar-refractivity contribution in [2.45, 2.75) is 38.5 Å². The highest BCUT2D eigenvalue weighted by Crippen LogP contribution is 2.36. The van der Waals surface area contributed by atoms with Crippen LogP contribution in [0.25, 0.3) is 15.3 Å². The quantitative estimate of drug-likeness (QED) is 0.0464. The number of aryl methyl sites for hydroxylation is 3. The first-order valence-electron chi connectivity index (χ1n) is 17.7. The van der Waals surface area contributed by atoms with Gasteiger partial charge in [0.05, 0.1) is 21.3 Å². The Morgan fingerprint density at radius 1 is 0.931 bits per heavy atom. The molecule has 3 heterocycles. The highest BCUT2D eigenvalue weighted by molar-refractivity contribution is 7.89. The second-order valence-corrected chi connectivity index (χ2v) is 15.8. The van der Waals surface area contributed by atoms with Crippen molar-refractivity contribution in [3.05, 3.63) is 58.8 Å².